The molecule has 1 aromatic rings. The molecule has 0 saturated heterocycles. The van der Waals surface area contributed by atoms with Gasteiger partial charge in [-0.15, -0.1) is 0 Å². The molecule has 3 atom stereocenters. The van der Waals surface area contributed by atoms with Crippen molar-refractivity contribution in [2.24, 2.45) is 5.92 Å². The zero-order valence-electron chi connectivity index (χ0n) is 20.7. The van der Waals surface area contributed by atoms with Crippen LogP contribution in [0.15, 0.2) is 42.5 Å². The van der Waals surface area contributed by atoms with Crippen LogP contribution in [0, 0.1) is 5.92 Å². The molecule has 1 aromatic carbocycles. The Bertz CT molecular complexity index is 687. The van der Waals surface area contributed by atoms with Crippen molar-refractivity contribution in [1.29, 1.82) is 0 Å². The summed E-state index contributed by atoms with van der Waals surface area (Å²) in [5, 5.41) is 28.3. The average molecular weight is 477 g/mol. The van der Waals surface area contributed by atoms with E-state index in [9.17, 15) is 19.8 Å². The summed E-state index contributed by atoms with van der Waals surface area (Å²) in [7, 11) is 0. The van der Waals surface area contributed by atoms with Crippen LogP contribution >= 0.6 is 0 Å². The maximum absolute atomic E-state index is 12.8. The fourth-order valence-electron chi connectivity index (χ4n) is 3.75. The molecule has 2 unspecified atom stereocenters. The highest BCUT2D eigenvalue weighted by molar-refractivity contribution is 6.08. The van der Waals surface area contributed by atoms with Crippen LogP contribution in [0.5, 0.6) is 0 Å². The Balaban J connectivity index is 2.33. The van der Waals surface area contributed by atoms with Crippen molar-refractivity contribution in [2.45, 2.75) is 96.2 Å². The highest BCUT2D eigenvalue weighted by Crippen LogP contribution is 2.19. The molecule has 0 saturated carbocycles. The number of esters is 1. The Kier molecular flexibility index (Phi) is 17.0. The Labute approximate surface area is 205 Å². The predicted molar refractivity (Wildman–Crippen MR) is 135 cm³/mol. The largest absolute Gasteiger partial charge is 0.462 e. The van der Waals surface area contributed by atoms with Crippen LogP contribution in [0.3, 0.4) is 0 Å². The number of aliphatic hydroxyl groups excluding tert-OH is 3. The van der Waals surface area contributed by atoms with Crippen molar-refractivity contribution >= 4 is 11.8 Å². The number of hydrogen-bond donors (Lipinski definition) is 3. The average Bonchev–Trinajstić information content (AvgIpc) is 2.86. The van der Waals surface area contributed by atoms with Gasteiger partial charge in [0.15, 0.2) is 5.78 Å². The molecule has 0 aliphatic rings. The molecule has 0 aliphatic heterocycles. The fraction of sp³-hybridized carbons (Fsp3) is 0.643. The number of aliphatic hydroxyl groups is 3. The third-order valence-corrected chi connectivity index (χ3v) is 5.87. The lowest BCUT2D eigenvalue weighted by molar-refractivity contribution is -0.150. The number of rotatable bonds is 20. The van der Waals surface area contributed by atoms with E-state index in [0.717, 1.165) is 44.9 Å². The first kappa shape index (κ1) is 30.0. The Morgan fingerprint density at radius 3 is 2.26 bits per heavy atom. The first-order valence-corrected chi connectivity index (χ1v) is 12.9. The molecule has 6 nitrogen and oxygen atoms in total. The topological polar surface area (TPSA) is 104 Å². The molecule has 0 amide bonds. The summed E-state index contributed by atoms with van der Waals surface area (Å²) in [6, 6.07) is 8.68. The summed E-state index contributed by atoms with van der Waals surface area (Å²) >= 11 is 0. The Hall–Kier alpha value is -2.02. The summed E-state index contributed by atoms with van der Waals surface area (Å²) in [4.78, 5) is 25.4. The van der Waals surface area contributed by atoms with Gasteiger partial charge in [-0.3, -0.25) is 9.59 Å². The molecular weight excluding hydrogens is 432 g/mol. The quantitative estimate of drug-likeness (QED) is 0.0804. The van der Waals surface area contributed by atoms with E-state index in [1.54, 1.807) is 24.3 Å². The molecule has 0 heterocycles. The molecule has 6 heteroatoms. The summed E-state index contributed by atoms with van der Waals surface area (Å²) in [5.74, 6) is -1.84. The lowest BCUT2D eigenvalue weighted by atomic mass is 9.92. The van der Waals surface area contributed by atoms with Gasteiger partial charge < -0.3 is 20.1 Å². The standard InChI is InChI=1S/C28H44O6/c1-2-3-4-13-18-24(30)19-14-8-6-5-7-9-15-20-26(28(33)34-22-25(31)21-29)27(32)23-16-11-10-12-17-23/h8,10-12,14,16-17,24-26,29-31H,2-7,9,13,15,18-22H2,1H3/b14-8-/t24-,25?,26?/m1/s1. The molecule has 0 aromatic heterocycles. The van der Waals surface area contributed by atoms with Crippen molar-refractivity contribution in [3.05, 3.63) is 48.0 Å². The minimum Gasteiger partial charge on any atom is -0.462 e. The smallest absolute Gasteiger partial charge is 0.316 e. The number of benzene rings is 1. The molecule has 34 heavy (non-hydrogen) atoms. The zero-order chi connectivity index (χ0) is 25.0. The van der Waals surface area contributed by atoms with E-state index in [-0.39, 0.29) is 18.5 Å². The van der Waals surface area contributed by atoms with Crippen molar-refractivity contribution in [1.82, 2.24) is 0 Å². The van der Waals surface area contributed by atoms with E-state index in [2.05, 4.69) is 19.1 Å². The van der Waals surface area contributed by atoms with Gasteiger partial charge in [0.2, 0.25) is 0 Å². The van der Waals surface area contributed by atoms with E-state index in [1.165, 1.54) is 19.3 Å². The van der Waals surface area contributed by atoms with Crippen molar-refractivity contribution in [3.8, 4) is 0 Å². The lowest BCUT2D eigenvalue weighted by Crippen LogP contribution is -2.30. The van der Waals surface area contributed by atoms with Crippen LogP contribution in [0.2, 0.25) is 0 Å². The van der Waals surface area contributed by atoms with Crippen molar-refractivity contribution in [2.75, 3.05) is 13.2 Å². The molecule has 192 valence electrons. The van der Waals surface area contributed by atoms with Gasteiger partial charge in [0.1, 0.15) is 18.6 Å². The van der Waals surface area contributed by atoms with Gasteiger partial charge in [-0.1, -0.05) is 94.4 Å². The van der Waals surface area contributed by atoms with Crippen LogP contribution in [-0.2, 0) is 9.53 Å². The fourth-order valence-corrected chi connectivity index (χ4v) is 3.75. The van der Waals surface area contributed by atoms with E-state index in [1.807, 2.05) is 6.07 Å². The van der Waals surface area contributed by atoms with E-state index >= 15 is 0 Å². The number of allylic oxidation sites excluding steroid dienone is 1. The number of Topliss-reactive ketones (excluding diaryl/α,β-unsaturated/α-hetero) is 1. The predicted octanol–water partition coefficient (Wildman–Crippen LogP) is 5.00. The van der Waals surface area contributed by atoms with Gasteiger partial charge >= 0.3 is 5.97 Å². The first-order valence-electron chi connectivity index (χ1n) is 12.9. The van der Waals surface area contributed by atoms with Crippen LogP contribution in [0.1, 0.15) is 94.3 Å². The van der Waals surface area contributed by atoms with Crippen molar-refractivity contribution < 1.29 is 29.6 Å². The number of hydrogen-bond acceptors (Lipinski definition) is 6. The maximum Gasteiger partial charge on any atom is 0.316 e. The minimum atomic E-state index is -1.15. The van der Waals surface area contributed by atoms with Crippen LogP contribution < -0.4 is 0 Å². The Morgan fingerprint density at radius 1 is 0.882 bits per heavy atom. The minimum absolute atomic E-state index is 0.245. The number of carbonyl (C=O) groups excluding carboxylic acids is 2. The summed E-state index contributed by atoms with van der Waals surface area (Å²) < 4.78 is 5.08. The van der Waals surface area contributed by atoms with E-state index in [4.69, 9.17) is 9.84 Å². The second-order valence-corrected chi connectivity index (χ2v) is 8.95. The third-order valence-electron chi connectivity index (χ3n) is 5.87. The van der Waals surface area contributed by atoms with E-state index < -0.39 is 24.6 Å². The summed E-state index contributed by atoms with van der Waals surface area (Å²) in [6.45, 7) is 1.35. The van der Waals surface area contributed by atoms with E-state index in [0.29, 0.717) is 18.4 Å². The van der Waals surface area contributed by atoms with Gasteiger partial charge in [0, 0.05) is 5.56 Å². The molecule has 1 rings (SSSR count). The number of unbranched alkanes of at least 4 members (excludes halogenated alkanes) is 7. The molecule has 0 aliphatic carbocycles. The molecule has 3 N–H and O–H groups in total. The van der Waals surface area contributed by atoms with Crippen molar-refractivity contribution in [3.63, 3.8) is 0 Å². The second kappa shape index (κ2) is 19.3. The number of carbonyl (C=O) groups is 2. The van der Waals surface area contributed by atoms with Gasteiger partial charge in [-0.25, -0.2) is 0 Å². The van der Waals surface area contributed by atoms with Crippen LogP contribution in [-0.4, -0.2) is 52.5 Å². The van der Waals surface area contributed by atoms with Gasteiger partial charge in [-0.05, 0) is 32.1 Å². The maximum atomic E-state index is 12.8. The molecule has 0 fully saturated rings. The zero-order valence-corrected chi connectivity index (χ0v) is 20.7. The molecule has 0 spiro atoms. The SMILES string of the molecule is CCCCCC[C@@H](O)C/C=C\CCCCCCC(C(=O)OCC(O)CO)C(=O)c1ccccc1. The monoisotopic (exact) mass is 476 g/mol. The van der Waals surface area contributed by atoms with Gasteiger partial charge in [0.25, 0.3) is 0 Å². The highest BCUT2D eigenvalue weighted by atomic mass is 16.5. The highest BCUT2D eigenvalue weighted by Gasteiger charge is 2.29. The summed E-state index contributed by atoms with van der Waals surface area (Å²) in [5.41, 5.74) is 0.463. The number of ketones is 1. The molecular formula is C28H44O6. The molecule has 0 radical (unpaired) electrons. The summed E-state index contributed by atoms with van der Waals surface area (Å²) in [6.07, 6.45) is 14.1. The second-order valence-electron chi connectivity index (χ2n) is 8.95. The normalized spacial score (nSPS) is 14.1. The van der Waals surface area contributed by atoms with Gasteiger partial charge in [-0.2, -0.15) is 0 Å². The Morgan fingerprint density at radius 2 is 1.56 bits per heavy atom. The first-order chi connectivity index (χ1) is 16.5. The molecule has 0 bridgehead atoms. The van der Waals surface area contributed by atoms with Crippen LogP contribution in [0.25, 0.3) is 0 Å². The lowest BCUT2D eigenvalue weighted by Gasteiger charge is -2.16. The van der Waals surface area contributed by atoms with Crippen LogP contribution in [0.4, 0.5) is 0 Å². The third kappa shape index (κ3) is 13.6. The number of ether oxygens (including phenoxy) is 1. The van der Waals surface area contributed by atoms with Gasteiger partial charge in [0.05, 0.1) is 12.7 Å².